The third kappa shape index (κ3) is 6.78. The van der Waals surface area contributed by atoms with Crippen molar-refractivity contribution < 1.29 is 33.6 Å². The maximum absolute atomic E-state index is 11.4. The second-order valence-electron chi connectivity index (χ2n) is 10.5. The molecule has 0 saturated carbocycles. The van der Waals surface area contributed by atoms with Crippen molar-refractivity contribution in [3.63, 3.8) is 0 Å². The van der Waals surface area contributed by atoms with Crippen molar-refractivity contribution in [1.82, 2.24) is 0 Å². The Morgan fingerprint density at radius 3 is 1.87 bits per heavy atom. The van der Waals surface area contributed by atoms with Crippen LogP contribution in [-0.4, -0.2) is 49.3 Å². The van der Waals surface area contributed by atoms with Crippen LogP contribution in [0.3, 0.4) is 0 Å². The molecule has 4 aromatic rings. The highest BCUT2D eigenvalue weighted by atomic mass is 16.5. The Balaban J connectivity index is 1.50. The van der Waals surface area contributed by atoms with Gasteiger partial charge in [0.1, 0.15) is 49.1 Å². The zero-order valence-corrected chi connectivity index (χ0v) is 24.5. The molecule has 45 heavy (non-hydrogen) atoms. The zero-order chi connectivity index (χ0) is 31.6. The molecule has 0 spiro atoms. The van der Waals surface area contributed by atoms with Crippen molar-refractivity contribution in [2.24, 2.45) is 5.18 Å². The van der Waals surface area contributed by atoms with Gasteiger partial charge in [0.2, 0.25) is 0 Å². The maximum atomic E-state index is 11.4. The fourth-order valence-electron chi connectivity index (χ4n) is 5.46. The molecule has 0 radical (unpaired) electrons. The number of esters is 1. The molecule has 230 valence electrons. The summed E-state index contributed by atoms with van der Waals surface area (Å²) in [7, 11) is 0. The highest BCUT2D eigenvalue weighted by Gasteiger charge is 2.45. The first-order chi connectivity index (χ1) is 22.0. The molecule has 9 nitrogen and oxygen atoms in total. The average molecular weight is 608 g/mol. The van der Waals surface area contributed by atoms with Gasteiger partial charge in [-0.05, 0) is 53.9 Å². The highest BCUT2D eigenvalue weighted by Crippen LogP contribution is 2.55. The normalized spacial score (nSPS) is 14.0. The summed E-state index contributed by atoms with van der Waals surface area (Å²) >= 11 is 0. The number of nitrogens with zero attached hydrogens (tertiary/aromatic N) is 1. The van der Waals surface area contributed by atoms with Gasteiger partial charge in [0, 0.05) is 23.6 Å². The van der Waals surface area contributed by atoms with Crippen molar-refractivity contribution in [3.8, 4) is 23.0 Å². The molecule has 0 bridgehead atoms. The predicted molar refractivity (Wildman–Crippen MR) is 168 cm³/mol. The minimum atomic E-state index is -0.874. The first-order valence-corrected chi connectivity index (χ1v) is 14.6. The van der Waals surface area contributed by atoms with Gasteiger partial charge >= 0.3 is 5.97 Å². The summed E-state index contributed by atoms with van der Waals surface area (Å²) in [6.45, 7) is 3.15. The monoisotopic (exact) mass is 607 g/mol. The zero-order valence-electron chi connectivity index (χ0n) is 24.5. The third-order valence-electron chi connectivity index (χ3n) is 7.61. The van der Waals surface area contributed by atoms with E-state index in [9.17, 15) is 19.6 Å². The van der Waals surface area contributed by atoms with E-state index in [0.717, 1.165) is 46.1 Å². The molecule has 1 aliphatic heterocycles. The second-order valence-corrected chi connectivity index (χ2v) is 10.5. The molecule has 1 heterocycles. The average Bonchev–Trinajstić information content (AvgIpc) is 3.09. The van der Waals surface area contributed by atoms with Crippen molar-refractivity contribution in [2.45, 2.75) is 30.4 Å². The summed E-state index contributed by atoms with van der Waals surface area (Å²) in [6.07, 6.45) is 1.68. The molecule has 2 unspecified atom stereocenters. The molecule has 1 N–H and O–H groups in total. The lowest BCUT2D eigenvalue weighted by atomic mass is 9.63. The lowest BCUT2D eigenvalue weighted by Crippen LogP contribution is -2.34. The van der Waals surface area contributed by atoms with Gasteiger partial charge in [-0.1, -0.05) is 72.4 Å². The Bertz CT molecular complexity index is 1590. The van der Waals surface area contributed by atoms with Crippen LogP contribution >= 0.6 is 0 Å². The lowest BCUT2D eigenvalue weighted by Gasteiger charge is -2.41. The first kappa shape index (κ1) is 31.2. The number of aldehydes is 1. The molecule has 0 aromatic heterocycles. The summed E-state index contributed by atoms with van der Waals surface area (Å²) in [4.78, 5) is 33.3. The Morgan fingerprint density at radius 1 is 0.822 bits per heavy atom. The number of hydrogen-bond acceptors (Lipinski definition) is 9. The van der Waals surface area contributed by atoms with Crippen LogP contribution in [0.2, 0.25) is 0 Å². The number of benzene rings is 4. The van der Waals surface area contributed by atoms with Gasteiger partial charge in [-0.25, -0.2) is 4.79 Å². The molecule has 0 saturated heterocycles. The Kier molecular flexibility index (Phi) is 10.0. The number of aliphatic hydroxyl groups is 1. The predicted octanol–water partition coefficient (Wildman–Crippen LogP) is 6.14. The van der Waals surface area contributed by atoms with E-state index in [-0.39, 0.29) is 26.2 Å². The van der Waals surface area contributed by atoms with E-state index in [2.05, 4.69) is 11.8 Å². The molecule has 4 aromatic carbocycles. The number of hydrogen-bond donors (Lipinski definition) is 1. The smallest absolute Gasteiger partial charge is 0.330 e. The number of fused-ring (bicyclic) bond motifs is 2. The van der Waals surface area contributed by atoms with Crippen LogP contribution in [0.25, 0.3) is 0 Å². The van der Waals surface area contributed by atoms with Gasteiger partial charge in [0.05, 0.1) is 11.5 Å². The topological polar surface area (TPSA) is 121 Å². The molecule has 0 amide bonds. The van der Waals surface area contributed by atoms with Gasteiger partial charge in [0.25, 0.3) is 0 Å². The van der Waals surface area contributed by atoms with Crippen molar-refractivity contribution in [1.29, 1.82) is 0 Å². The fourth-order valence-corrected chi connectivity index (χ4v) is 5.46. The van der Waals surface area contributed by atoms with Gasteiger partial charge in [0.15, 0.2) is 6.04 Å². The molecular formula is C36H33NO8. The summed E-state index contributed by atoms with van der Waals surface area (Å²) in [5.74, 6) is 1.92. The Hall–Kier alpha value is -5.28. The summed E-state index contributed by atoms with van der Waals surface area (Å²) in [5, 5.41) is 13.1. The molecule has 0 fully saturated rings. The quantitative estimate of drug-likeness (QED) is 0.0653. The largest absolute Gasteiger partial charge is 0.491 e. The maximum Gasteiger partial charge on any atom is 0.330 e. The summed E-state index contributed by atoms with van der Waals surface area (Å²) in [6, 6.07) is 30.3. The molecule has 2 atom stereocenters. The summed E-state index contributed by atoms with van der Waals surface area (Å²) < 4.78 is 23.0. The Labute approximate surface area is 261 Å². The first-order valence-electron chi connectivity index (χ1n) is 14.6. The van der Waals surface area contributed by atoms with Gasteiger partial charge in [-0.3, -0.25) is 0 Å². The van der Waals surface area contributed by atoms with Crippen molar-refractivity contribution >= 4 is 12.3 Å². The van der Waals surface area contributed by atoms with Crippen molar-refractivity contribution in [2.75, 3.05) is 19.8 Å². The Morgan fingerprint density at radius 2 is 1.36 bits per heavy atom. The van der Waals surface area contributed by atoms with E-state index in [4.69, 9.17) is 18.9 Å². The van der Waals surface area contributed by atoms with E-state index < -0.39 is 23.5 Å². The minimum absolute atomic E-state index is 0.0662. The van der Waals surface area contributed by atoms with Gasteiger partial charge < -0.3 is 28.8 Å². The fraction of sp³-hybridized carbons (Fsp3) is 0.222. The molecule has 5 rings (SSSR count). The van der Waals surface area contributed by atoms with Crippen LogP contribution in [0, 0.1) is 4.91 Å². The number of carbonyl (C=O) groups is 2. The van der Waals surface area contributed by atoms with Crippen LogP contribution in [-0.2, 0) is 19.7 Å². The standard InChI is InChI=1S/C36H33NO8/c1-2-35(40)44-23-27(37-41)22-42-29-17-13-25(14-18-29)36(26-15-19-30(20-16-26)43-24-28(39)8-7-21-38)31-9-3-5-11-33(31)45-34-12-6-4-10-32(34)36/h2-6,9-21,27-28,39H,1,7-8,22-24H2. The molecule has 0 aliphatic carbocycles. The van der Waals surface area contributed by atoms with Crippen LogP contribution in [0.15, 0.2) is 115 Å². The van der Waals surface area contributed by atoms with Crippen LogP contribution < -0.4 is 14.2 Å². The number of carbonyl (C=O) groups excluding carboxylic acids is 2. The number of para-hydroxylation sites is 2. The van der Waals surface area contributed by atoms with Crippen LogP contribution in [0.4, 0.5) is 0 Å². The number of rotatable bonds is 15. The highest BCUT2D eigenvalue weighted by molar-refractivity contribution is 5.81. The van der Waals surface area contributed by atoms with Gasteiger partial charge in [-0.2, -0.15) is 4.91 Å². The molecular weight excluding hydrogens is 574 g/mol. The lowest BCUT2D eigenvalue weighted by molar-refractivity contribution is -0.138. The van der Waals surface area contributed by atoms with E-state index >= 15 is 0 Å². The van der Waals surface area contributed by atoms with Crippen LogP contribution in [0.5, 0.6) is 23.0 Å². The second kappa shape index (κ2) is 14.5. The van der Waals surface area contributed by atoms with E-state index in [1.165, 1.54) is 0 Å². The van der Waals surface area contributed by atoms with E-state index in [0.29, 0.717) is 17.9 Å². The summed E-state index contributed by atoms with van der Waals surface area (Å²) in [5.41, 5.74) is 3.02. The number of aliphatic hydroxyl groups excluding tert-OH is 1. The molecule has 1 aliphatic rings. The van der Waals surface area contributed by atoms with E-state index in [1.807, 2.05) is 97.1 Å². The number of ether oxygens (including phenoxy) is 4. The minimum Gasteiger partial charge on any atom is -0.491 e. The molecule has 9 heteroatoms. The van der Waals surface area contributed by atoms with Gasteiger partial charge in [-0.15, -0.1) is 0 Å². The van der Waals surface area contributed by atoms with E-state index in [1.54, 1.807) is 0 Å². The SMILES string of the molecule is C=CC(=O)OCC(COc1ccc(C2(c3ccc(OCC(O)CCC=O)cc3)c3ccccc3Oc3ccccc32)cc1)N=O. The van der Waals surface area contributed by atoms with Crippen molar-refractivity contribution in [3.05, 3.63) is 137 Å². The van der Waals surface area contributed by atoms with Crippen LogP contribution in [0.1, 0.15) is 35.1 Å². The number of nitroso groups, excluding NO2 is 1. The third-order valence-corrected chi connectivity index (χ3v) is 7.61.